The number of benzene rings is 2. The van der Waals surface area contributed by atoms with Gasteiger partial charge in [0.15, 0.2) is 28.0 Å². The largest absolute Gasteiger partial charge is 0.425 e. The van der Waals surface area contributed by atoms with Crippen LogP contribution in [-0.2, 0) is 31.9 Å². The molecule has 1 amide bonds. The van der Waals surface area contributed by atoms with Crippen LogP contribution < -0.4 is 11.1 Å². The first-order chi connectivity index (χ1) is 26.6. The quantitative estimate of drug-likeness (QED) is 0.180. The third-order valence-corrected chi connectivity index (χ3v) is 10.00. The molecular weight excluding hydrogens is 703 g/mol. The van der Waals surface area contributed by atoms with Crippen LogP contribution in [0.2, 0.25) is 0 Å². The topological polar surface area (TPSA) is 161 Å². The van der Waals surface area contributed by atoms with E-state index >= 15 is 0 Å². The molecule has 0 saturated carbocycles. The second-order valence-corrected chi connectivity index (χ2v) is 13.5. The van der Waals surface area contributed by atoms with E-state index in [0.717, 1.165) is 20.4 Å². The number of aryl methyl sites for hydroxylation is 4. The smallest absolute Gasteiger partial charge is 0.371 e. The molecule has 8 aromatic rings. The molecule has 2 aromatic carbocycles. The Balaban J connectivity index is 1.000. The molecule has 6 aromatic heterocycles. The normalized spacial score (nSPS) is 13.3. The van der Waals surface area contributed by atoms with Gasteiger partial charge < -0.3 is 13.9 Å². The van der Waals surface area contributed by atoms with Crippen molar-refractivity contribution in [3.8, 4) is 0 Å². The first-order valence-corrected chi connectivity index (χ1v) is 17.4. The fraction of sp³-hybridized carbons (Fsp3) is 0.179. The molecule has 0 saturated heterocycles. The Morgan fingerprint density at radius 3 is 1.73 bits per heavy atom. The highest BCUT2D eigenvalue weighted by Crippen LogP contribution is 2.28. The van der Waals surface area contributed by atoms with E-state index in [-0.39, 0.29) is 28.2 Å². The van der Waals surface area contributed by atoms with Crippen molar-refractivity contribution in [1.29, 1.82) is 0 Å². The zero-order valence-electron chi connectivity index (χ0n) is 30.2. The lowest BCUT2D eigenvalue weighted by molar-refractivity contribution is 0.0581. The summed E-state index contributed by atoms with van der Waals surface area (Å²) in [5.74, 6) is -0.881. The maximum atomic E-state index is 14.2. The van der Waals surface area contributed by atoms with E-state index < -0.39 is 23.5 Å². The minimum absolute atomic E-state index is 0.170. The Bertz CT molecular complexity index is 3040. The van der Waals surface area contributed by atoms with Crippen molar-refractivity contribution in [1.82, 2.24) is 51.9 Å². The summed E-state index contributed by atoms with van der Waals surface area (Å²) in [6, 6.07) is 19.4. The molecule has 9 rings (SSSR count). The molecule has 0 fully saturated rings. The highest BCUT2D eigenvalue weighted by molar-refractivity contribution is 5.97. The zero-order chi connectivity index (χ0) is 38.1. The third-order valence-electron chi connectivity index (χ3n) is 10.00. The van der Waals surface area contributed by atoms with E-state index in [0.29, 0.717) is 47.1 Å². The molecular formula is C39H33N11O5. The summed E-state index contributed by atoms with van der Waals surface area (Å²) in [5.41, 5.74) is 4.10. The summed E-state index contributed by atoms with van der Waals surface area (Å²) in [7, 11) is 3.52. The molecule has 0 N–H and O–H groups in total. The van der Waals surface area contributed by atoms with Crippen LogP contribution >= 0.6 is 0 Å². The van der Waals surface area contributed by atoms with Crippen molar-refractivity contribution in [2.75, 3.05) is 0 Å². The molecule has 16 nitrogen and oxygen atoms in total. The highest BCUT2D eigenvalue weighted by Gasteiger charge is 2.29. The average Bonchev–Trinajstić information content (AvgIpc) is 3.97. The number of carbonyl (C=O) groups is 2. The number of rotatable bonds is 6. The minimum Gasteiger partial charge on any atom is -0.371 e. The second-order valence-electron chi connectivity index (χ2n) is 13.5. The zero-order valence-corrected chi connectivity index (χ0v) is 30.2. The van der Waals surface area contributed by atoms with Gasteiger partial charge in [0.1, 0.15) is 0 Å². The van der Waals surface area contributed by atoms with Gasteiger partial charge in [-0.3, -0.25) is 23.6 Å². The number of allylic oxidation sites excluding steroid dienone is 2. The molecule has 1 aliphatic rings. The molecule has 0 spiro atoms. The number of fused-ring (bicyclic) bond motifs is 4. The first kappa shape index (κ1) is 33.5. The van der Waals surface area contributed by atoms with Gasteiger partial charge in [0.05, 0.1) is 29.7 Å². The van der Waals surface area contributed by atoms with Crippen LogP contribution in [0.3, 0.4) is 0 Å². The van der Waals surface area contributed by atoms with Crippen molar-refractivity contribution < 1.29 is 14.3 Å². The van der Waals surface area contributed by atoms with Crippen molar-refractivity contribution in [3.63, 3.8) is 0 Å². The average molecular weight is 736 g/mol. The molecule has 0 unspecified atom stereocenters. The molecule has 1 aliphatic heterocycles. The SMILES string of the molecule is Cc1nc2n(C)c3ncn(Cc4ccccc4)c3c(=O)n2c1C(=O)OC(=O)N1C=CC(c2c(C)nc3n(C)c4ncn(Cc5ccccc5)c4c(=O)n23)C=C1. The Labute approximate surface area is 311 Å². The predicted molar refractivity (Wildman–Crippen MR) is 202 cm³/mol. The number of imidazole rings is 4. The summed E-state index contributed by atoms with van der Waals surface area (Å²) < 4.78 is 15.0. The Hall–Kier alpha value is -7.36. The van der Waals surface area contributed by atoms with E-state index in [1.54, 1.807) is 56.9 Å². The van der Waals surface area contributed by atoms with E-state index in [1.807, 2.05) is 79.2 Å². The van der Waals surface area contributed by atoms with E-state index in [1.165, 1.54) is 12.4 Å². The number of aromatic nitrogens is 10. The van der Waals surface area contributed by atoms with Crippen molar-refractivity contribution in [3.05, 3.63) is 152 Å². The lowest BCUT2D eigenvalue weighted by atomic mass is 10.0. The van der Waals surface area contributed by atoms with Crippen LogP contribution in [-0.4, -0.2) is 64.0 Å². The number of amides is 1. The highest BCUT2D eigenvalue weighted by atomic mass is 16.6. The van der Waals surface area contributed by atoms with Gasteiger partial charge in [0.2, 0.25) is 11.6 Å². The van der Waals surface area contributed by atoms with Gasteiger partial charge in [-0.15, -0.1) is 0 Å². The van der Waals surface area contributed by atoms with Crippen molar-refractivity contribution >= 4 is 45.9 Å². The third kappa shape index (κ3) is 5.28. The minimum atomic E-state index is -1.04. The van der Waals surface area contributed by atoms with Crippen molar-refractivity contribution in [2.24, 2.45) is 14.1 Å². The molecule has 0 atom stereocenters. The molecule has 16 heteroatoms. The molecule has 0 radical (unpaired) electrons. The summed E-state index contributed by atoms with van der Waals surface area (Å²) in [6.07, 6.45) is 8.60. The summed E-state index contributed by atoms with van der Waals surface area (Å²) in [5, 5.41) is 0. The van der Waals surface area contributed by atoms with Gasteiger partial charge in [-0.1, -0.05) is 72.8 Å². The van der Waals surface area contributed by atoms with Gasteiger partial charge in [0.25, 0.3) is 11.1 Å². The Kier molecular flexibility index (Phi) is 7.70. The van der Waals surface area contributed by atoms with Gasteiger partial charge in [-0.25, -0.2) is 38.3 Å². The number of ether oxygens (including phenoxy) is 1. The monoisotopic (exact) mass is 735 g/mol. The van der Waals surface area contributed by atoms with Gasteiger partial charge in [-0.05, 0) is 25.0 Å². The van der Waals surface area contributed by atoms with Gasteiger partial charge in [0, 0.05) is 45.5 Å². The lowest BCUT2D eigenvalue weighted by Gasteiger charge is -2.19. The standard InChI is InChI=1S/C39H33N11O5/c1-23-28(49-34(51)30-32(44(3)37(49)42-23)40-21-47(30)19-25-11-7-5-8-12-25)27-15-17-46(18-16-27)39(54)55-36(53)29-24(2)43-38-45(4)33-31(35(52)50(29)38)48(22-41-33)20-26-13-9-6-10-14-26/h5-18,21-22,27H,19-20H2,1-4H3. The maximum Gasteiger partial charge on any atom is 0.425 e. The Morgan fingerprint density at radius 2 is 1.18 bits per heavy atom. The number of nitrogens with zero attached hydrogens (tertiary/aromatic N) is 11. The Morgan fingerprint density at radius 1 is 0.691 bits per heavy atom. The van der Waals surface area contributed by atoms with Crippen LogP contribution in [0.5, 0.6) is 0 Å². The number of hydrogen-bond acceptors (Lipinski definition) is 9. The summed E-state index contributed by atoms with van der Waals surface area (Å²) >= 11 is 0. The number of carbonyl (C=O) groups excluding carboxylic acids is 2. The molecule has 7 heterocycles. The number of esters is 1. The molecule has 0 aliphatic carbocycles. The van der Waals surface area contributed by atoms with E-state index in [4.69, 9.17) is 9.72 Å². The van der Waals surface area contributed by atoms with Gasteiger partial charge in [-0.2, -0.15) is 0 Å². The van der Waals surface area contributed by atoms with Gasteiger partial charge >= 0.3 is 12.1 Å². The van der Waals surface area contributed by atoms with Crippen LogP contribution in [0.15, 0.2) is 107 Å². The van der Waals surface area contributed by atoms with E-state index in [2.05, 4.69) is 15.0 Å². The second kappa shape index (κ2) is 12.6. The summed E-state index contributed by atoms with van der Waals surface area (Å²) in [4.78, 5) is 74.5. The number of hydrogen-bond donors (Lipinski definition) is 0. The van der Waals surface area contributed by atoms with Crippen LogP contribution in [0.4, 0.5) is 4.79 Å². The predicted octanol–water partition coefficient (Wildman–Crippen LogP) is 4.20. The first-order valence-electron chi connectivity index (χ1n) is 17.4. The maximum absolute atomic E-state index is 14.2. The van der Waals surface area contributed by atoms with E-state index in [9.17, 15) is 19.2 Å². The fourth-order valence-corrected chi connectivity index (χ4v) is 7.36. The van der Waals surface area contributed by atoms with Crippen LogP contribution in [0.25, 0.3) is 33.9 Å². The summed E-state index contributed by atoms with van der Waals surface area (Å²) in [6.45, 7) is 4.24. The fourth-order valence-electron chi connectivity index (χ4n) is 7.36. The molecule has 0 bridgehead atoms. The lowest BCUT2D eigenvalue weighted by Crippen LogP contribution is -2.29. The van der Waals surface area contributed by atoms with Crippen LogP contribution in [0, 0.1) is 13.8 Å². The molecule has 274 valence electrons. The van der Waals surface area contributed by atoms with Crippen LogP contribution in [0.1, 0.15) is 44.6 Å². The molecule has 55 heavy (non-hydrogen) atoms. The van der Waals surface area contributed by atoms with Crippen molar-refractivity contribution in [2.45, 2.75) is 32.9 Å².